The number of halogens is 3. The highest BCUT2D eigenvalue weighted by atomic mass is 79.9. The third kappa shape index (κ3) is 5.41. The van der Waals surface area contributed by atoms with Crippen molar-refractivity contribution in [2.45, 2.75) is 13.5 Å². The highest BCUT2D eigenvalue weighted by molar-refractivity contribution is 9.11. The van der Waals surface area contributed by atoms with Crippen LogP contribution in [-0.2, 0) is 6.61 Å². The third-order valence-corrected chi connectivity index (χ3v) is 7.93. The Kier molecular flexibility index (Phi) is 7.44. The summed E-state index contributed by atoms with van der Waals surface area (Å²) in [6.07, 6.45) is 1.61. The highest BCUT2D eigenvalue weighted by Gasteiger charge is 2.17. The van der Waals surface area contributed by atoms with Crippen molar-refractivity contribution in [2.75, 3.05) is 0 Å². The first kappa shape index (κ1) is 26.7. The van der Waals surface area contributed by atoms with Gasteiger partial charge in [-0.3, -0.25) is 4.79 Å². The van der Waals surface area contributed by atoms with E-state index >= 15 is 0 Å². The normalized spacial score (nSPS) is 11.6. The van der Waals surface area contributed by atoms with Gasteiger partial charge in [-0.05, 0) is 98.4 Å². The summed E-state index contributed by atoms with van der Waals surface area (Å²) < 4.78 is 15.9. The van der Waals surface area contributed by atoms with Gasteiger partial charge in [0.1, 0.15) is 17.9 Å². The number of aryl methyl sites for hydroxylation is 1. The summed E-state index contributed by atoms with van der Waals surface area (Å²) in [5, 5.41) is 5.92. The largest absolute Gasteiger partial charge is 0.487 e. The lowest BCUT2D eigenvalue weighted by Crippen LogP contribution is -2.20. The Bertz CT molecular complexity index is 1970. The maximum absolute atomic E-state index is 13.6. The average molecular weight is 722 g/mol. The molecule has 0 atom stereocenters. The maximum Gasteiger partial charge on any atom is 0.282 e. The third-order valence-electron chi connectivity index (χ3n) is 6.26. The molecule has 2 heterocycles. The van der Waals surface area contributed by atoms with E-state index in [0.29, 0.717) is 40.4 Å². The van der Waals surface area contributed by atoms with Crippen LogP contribution in [0.25, 0.3) is 33.5 Å². The summed E-state index contributed by atoms with van der Waals surface area (Å²) in [7, 11) is 0. The molecule has 0 radical (unpaired) electrons. The molecule has 0 amide bonds. The molecule has 4 aromatic carbocycles. The molecule has 0 saturated heterocycles. The zero-order chi connectivity index (χ0) is 27.8. The van der Waals surface area contributed by atoms with Crippen LogP contribution in [0.4, 0.5) is 0 Å². The van der Waals surface area contributed by atoms with Crippen molar-refractivity contribution in [3.63, 3.8) is 0 Å². The number of ether oxygens (including phenoxy) is 1. The second kappa shape index (κ2) is 11.2. The summed E-state index contributed by atoms with van der Waals surface area (Å²) in [4.78, 5) is 18.3. The summed E-state index contributed by atoms with van der Waals surface area (Å²) >= 11 is 10.7. The number of para-hydroxylation sites is 1. The SMILES string of the molecule is Cc1cccc(COc2c(Br)cc(C=Nn3c(-c4cc5cc(Br)ccc5o4)nc4ccccc4c3=O)cc2Br)c1. The zero-order valence-electron chi connectivity index (χ0n) is 21.1. The minimum Gasteiger partial charge on any atom is -0.487 e. The minimum absolute atomic E-state index is 0.297. The Balaban J connectivity index is 1.38. The Hall–Kier alpha value is -3.53. The fourth-order valence-electron chi connectivity index (χ4n) is 4.39. The number of hydrogen-bond acceptors (Lipinski definition) is 5. The van der Waals surface area contributed by atoms with Gasteiger partial charge in [0.15, 0.2) is 5.76 Å². The van der Waals surface area contributed by atoms with Crippen molar-refractivity contribution in [3.8, 4) is 17.3 Å². The molecule has 0 unspecified atom stereocenters. The predicted octanol–water partition coefficient (Wildman–Crippen LogP) is 8.87. The highest BCUT2D eigenvalue weighted by Crippen LogP contribution is 2.35. The fourth-order valence-corrected chi connectivity index (χ4v) is 6.22. The molecule has 0 aliphatic heterocycles. The van der Waals surface area contributed by atoms with Crippen LogP contribution >= 0.6 is 47.8 Å². The van der Waals surface area contributed by atoms with Gasteiger partial charge in [-0.2, -0.15) is 9.78 Å². The van der Waals surface area contributed by atoms with Crippen molar-refractivity contribution in [2.24, 2.45) is 5.10 Å². The molecule has 0 fully saturated rings. The predicted molar refractivity (Wildman–Crippen MR) is 169 cm³/mol. The lowest BCUT2D eigenvalue weighted by molar-refractivity contribution is 0.302. The van der Waals surface area contributed by atoms with Crippen LogP contribution in [0.5, 0.6) is 5.75 Å². The number of furan rings is 1. The summed E-state index contributed by atoms with van der Waals surface area (Å²) in [5.74, 6) is 1.43. The van der Waals surface area contributed by atoms with Crippen LogP contribution in [0.2, 0.25) is 0 Å². The lowest BCUT2D eigenvalue weighted by Gasteiger charge is -2.12. The van der Waals surface area contributed by atoms with Gasteiger partial charge in [-0.15, -0.1) is 0 Å². The van der Waals surface area contributed by atoms with Gasteiger partial charge >= 0.3 is 0 Å². The molecule has 0 aliphatic rings. The summed E-state index contributed by atoms with van der Waals surface area (Å²) in [5.41, 5.74) is 3.97. The Morgan fingerprint density at radius 3 is 2.55 bits per heavy atom. The van der Waals surface area contributed by atoms with Crippen LogP contribution in [-0.4, -0.2) is 15.9 Å². The zero-order valence-corrected chi connectivity index (χ0v) is 25.8. The molecular formula is C31H20Br3N3O3. The Morgan fingerprint density at radius 2 is 1.75 bits per heavy atom. The van der Waals surface area contributed by atoms with Crippen molar-refractivity contribution < 1.29 is 9.15 Å². The standard InChI is InChI=1S/C31H20Br3N3O3/c1-18-5-4-6-19(11-18)17-39-29-24(33)12-20(13-25(29)34)16-35-37-30(36-26-8-3-2-7-23(26)31(37)38)28-15-21-14-22(32)9-10-27(21)40-28/h2-16H,17H2,1H3. The lowest BCUT2D eigenvalue weighted by atomic mass is 10.1. The molecule has 6 aromatic rings. The first-order chi connectivity index (χ1) is 19.4. The monoisotopic (exact) mass is 719 g/mol. The van der Waals surface area contributed by atoms with E-state index in [2.05, 4.69) is 71.9 Å². The first-order valence-electron chi connectivity index (χ1n) is 12.3. The van der Waals surface area contributed by atoms with Crippen molar-refractivity contribution in [1.29, 1.82) is 0 Å². The number of fused-ring (bicyclic) bond motifs is 2. The van der Waals surface area contributed by atoms with Gasteiger partial charge in [0, 0.05) is 9.86 Å². The molecule has 6 rings (SSSR count). The smallest absolute Gasteiger partial charge is 0.282 e. The number of rotatable bonds is 6. The van der Waals surface area contributed by atoms with Crippen LogP contribution in [0.3, 0.4) is 0 Å². The van der Waals surface area contributed by atoms with Gasteiger partial charge in [0.25, 0.3) is 5.56 Å². The van der Waals surface area contributed by atoms with Gasteiger partial charge < -0.3 is 9.15 Å². The molecular weight excluding hydrogens is 702 g/mol. The maximum atomic E-state index is 13.6. The summed E-state index contributed by atoms with van der Waals surface area (Å²) in [6, 6.07) is 26.7. The number of aromatic nitrogens is 2. The summed E-state index contributed by atoms with van der Waals surface area (Å²) in [6.45, 7) is 2.49. The molecule has 198 valence electrons. The van der Waals surface area contributed by atoms with E-state index in [1.807, 2.05) is 60.7 Å². The van der Waals surface area contributed by atoms with E-state index in [1.165, 1.54) is 10.2 Å². The molecule has 9 heteroatoms. The van der Waals surface area contributed by atoms with E-state index < -0.39 is 0 Å². The van der Waals surface area contributed by atoms with E-state index in [-0.39, 0.29) is 5.56 Å². The van der Waals surface area contributed by atoms with Crippen LogP contribution in [0.1, 0.15) is 16.7 Å². The second-order valence-electron chi connectivity index (χ2n) is 9.20. The first-order valence-corrected chi connectivity index (χ1v) is 14.7. The van der Waals surface area contributed by atoms with E-state index in [4.69, 9.17) is 14.1 Å². The van der Waals surface area contributed by atoms with Crippen molar-refractivity contribution >= 4 is 75.9 Å². The van der Waals surface area contributed by atoms with Gasteiger partial charge in [0.05, 0.1) is 26.1 Å². The molecule has 0 N–H and O–H groups in total. The van der Waals surface area contributed by atoms with Gasteiger partial charge in [-0.25, -0.2) is 4.98 Å². The van der Waals surface area contributed by atoms with Gasteiger partial charge in [0.2, 0.25) is 5.82 Å². The Morgan fingerprint density at radius 1 is 0.950 bits per heavy atom. The quantitative estimate of drug-likeness (QED) is 0.161. The van der Waals surface area contributed by atoms with Crippen LogP contribution < -0.4 is 10.3 Å². The van der Waals surface area contributed by atoms with E-state index in [0.717, 1.165) is 29.9 Å². The topological polar surface area (TPSA) is 69.6 Å². The molecule has 0 spiro atoms. The van der Waals surface area contributed by atoms with Crippen LogP contribution in [0.15, 0.2) is 113 Å². The second-order valence-corrected chi connectivity index (χ2v) is 11.8. The van der Waals surface area contributed by atoms with E-state index in [9.17, 15) is 4.79 Å². The van der Waals surface area contributed by atoms with E-state index in [1.54, 1.807) is 18.3 Å². The average Bonchev–Trinajstić information content (AvgIpc) is 3.35. The molecule has 0 aliphatic carbocycles. The fraction of sp³-hybridized carbons (Fsp3) is 0.0645. The number of benzene rings is 4. The molecule has 0 bridgehead atoms. The molecule has 6 nitrogen and oxygen atoms in total. The molecule has 0 saturated carbocycles. The minimum atomic E-state index is -0.297. The van der Waals surface area contributed by atoms with Gasteiger partial charge in [-0.1, -0.05) is 57.9 Å². The van der Waals surface area contributed by atoms with Crippen LogP contribution in [0, 0.1) is 6.92 Å². The number of nitrogens with zero attached hydrogens (tertiary/aromatic N) is 3. The van der Waals surface area contributed by atoms with Crippen molar-refractivity contribution in [1.82, 2.24) is 9.66 Å². The van der Waals surface area contributed by atoms with Crippen molar-refractivity contribution in [3.05, 3.63) is 125 Å². The number of hydrogen-bond donors (Lipinski definition) is 0. The molecule has 2 aromatic heterocycles. The molecule has 40 heavy (non-hydrogen) atoms. The Labute approximate surface area is 254 Å².